The van der Waals surface area contributed by atoms with Crippen molar-refractivity contribution in [3.63, 3.8) is 0 Å². The van der Waals surface area contributed by atoms with Crippen LogP contribution in [0.25, 0.3) is 22.0 Å². The molecule has 1 unspecified atom stereocenters. The number of hydrogen-bond acceptors (Lipinski definition) is 2. The lowest BCUT2D eigenvalue weighted by molar-refractivity contribution is 0.0696. The molecule has 4 heteroatoms. The number of benzene rings is 2. The van der Waals surface area contributed by atoms with Crippen LogP contribution in [0.5, 0.6) is 0 Å². The van der Waals surface area contributed by atoms with E-state index in [1.807, 2.05) is 36.4 Å². The average molecular weight is 337 g/mol. The van der Waals surface area contributed by atoms with Crippen LogP contribution in [-0.4, -0.2) is 21.2 Å². The van der Waals surface area contributed by atoms with Crippen molar-refractivity contribution in [3.8, 4) is 11.1 Å². The lowest BCUT2D eigenvalue weighted by Gasteiger charge is -2.14. The Balaban J connectivity index is 2.29. The minimum absolute atomic E-state index is 0.286. The van der Waals surface area contributed by atoms with E-state index in [0.717, 1.165) is 27.7 Å². The van der Waals surface area contributed by atoms with Gasteiger partial charge in [-0.15, -0.1) is 0 Å². The number of carboxylic acids is 1. The van der Waals surface area contributed by atoms with Gasteiger partial charge in [0.25, 0.3) is 0 Å². The highest BCUT2D eigenvalue weighted by molar-refractivity contribution is 6.02. The van der Waals surface area contributed by atoms with E-state index in [1.165, 1.54) is 0 Å². The molecular weight excluding hydrogens is 314 g/mol. The summed E-state index contributed by atoms with van der Waals surface area (Å²) in [7, 11) is 0. The maximum Gasteiger partial charge on any atom is 0.335 e. The third-order valence-electron chi connectivity index (χ3n) is 4.49. The van der Waals surface area contributed by atoms with Gasteiger partial charge < -0.3 is 15.2 Å². The molecule has 0 spiro atoms. The van der Waals surface area contributed by atoms with E-state index in [1.54, 1.807) is 13.0 Å². The predicted molar refractivity (Wildman–Crippen MR) is 99.8 cm³/mol. The molecule has 0 aliphatic carbocycles. The highest BCUT2D eigenvalue weighted by Gasteiger charge is 2.22. The Hall–Kier alpha value is -2.59. The first-order valence-electron chi connectivity index (χ1n) is 8.51. The van der Waals surface area contributed by atoms with E-state index < -0.39 is 12.1 Å². The van der Waals surface area contributed by atoms with Crippen LogP contribution in [0.4, 0.5) is 0 Å². The van der Waals surface area contributed by atoms with E-state index in [-0.39, 0.29) is 5.56 Å². The number of aliphatic hydroxyl groups is 1. The Labute approximate surface area is 147 Å². The molecule has 4 nitrogen and oxygen atoms in total. The van der Waals surface area contributed by atoms with Crippen LogP contribution in [0, 0.1) is 12.8 Å². The van der Waals surface area contributed by atoms with Crippen molar-refractivity contribution < 1.29 is 15.0 Å². The molecule has 0 fully saturated rings. The molecule has 0 amide bonds. The van der Waals surface area contributed by atoms with Gasteiger partial charge in [-0.05, 0) is 42.5 Å². The fourth-order valence-corrected chi connectivity index (χ4v) is 3.33. The monoisotopic (exact) mass is 337 g/mol. The van der Waals surface area contributed by atoms with Crippen molar-refractivity contribution in [2.24, 2.45) is 5.92 Å². The van der Waals surface area contributed by atoms with Crippen LogP contribution < -0.4 is 0 Å². The molecule has 0 radical (unpaired) electrons. The number of carbonyl (C=O) groups is 1. The first-order valence-corrected chi connectivity index (χ1v) is 8.51. The molecule has 0 aliphatic rings. The smallest absolute Gasteiger partial charge is 0.335 e. The van der Waals surface area contributed by atoms with E-state index in [0.29, 0.717) is 17.9 Å². The average Bonchev–Trinajstić information content (AvgIpc) is 2.92. The van der Waals surface area contributed by atoms with Gasteiger partial charge in [-0.1, -0.05) is 44.2 Å². The normalized spacial score (nSPS) is 12.7. The largest absolute Gasteiger partial charge is 0.478 e. The molecule has 25 heavy (non-hydrogen) atoms. The van der Waals surface area contributed by atoms with Gasteiger partial charge in [-0.2, -0.15) is 0 Å². The number of aromatic nitrogens is 1. The van der Waals surface area contributed by atoms with E-state index in [4.69, 9.17) is 0 Å². The highest BCUT2D eigenvalue weighted by atomic mass is 16.4. The number of aliphatic hydroxyl groups excluding tert-OH is 1. The number of carboxylic acid groups (broad SMARTS) is 1. The third kappa shape index (κ3) is 3.30. The van der Waals surface area contributed by atoms with Crippen LogP contribution in [0.3, 0.4) is 0 Å². The third-order valence-corrected chi connectivity index (χ3v) is 4.49. The minimum Gasteiger partial charge on any atom is -0.478 e. The van der Waals surface area contributed by atoms with Crippen molar-refractivity contribution in [2.45, 2.75) is 33.3 Å². The minimum atomic E-state index is -0.941. The summed E-state index contributed by atoms with van der Waals surface area (Å²) in [5.74, 6) is -0.592. The van der Waals surface area contributed by atoms with Crippen molar-refractivity contribution in [3.05, 3.63) is 59.3 Å². The zero-order chi connectivity index (χ0) is 18.1. The zero-order valence-corrected chi connectivity index (χ0v) is 14.7. The summed E-state index contributed by atoms with van der Waals surface area (Å²) in [5, 5.41) is 21.0. The Kier molecular flexibility index (Phi) is 4.64. The van der Waals surface area contributed by atoms with Crippen LogP contribution in [0.2, 0.25) is 0 Å². The second-order valence-corrected chi connectivity index (χ2v) is 6.94. The van der Waals surface area contributed by atoms with Gasteiger partial charge in [0, 0.05) is 16.5 Å². The molecule has 1 heterocycles. The maximum absolute atomic E-state index is 11.5. The van der Waals surface area contributed by atoms with Crippen molar-refractivity contribution >= 4 is 16.9 Å². The predicted octanol–water partition coefficient (Wildman–Crippen LogP) is 4.92. The number of H-pyrrole nitrogens is 1. The standard InChI is InChI=1S/C21H23NO3/c1-12(2)9-18(23)20-19(14-7-5-4-6-8-14)16-11-15(21(24)25)13(3)10-17(16)22-20/h4-8,10-12,18,22-23H,9H2,1-3H3,(H,24,25). The highest BCUT2D eigenvalue weighted by Crippen LogP contribution is 2.38. The Morgan fingerprint density at radius 1 is 1.16 bits per heavy atom. The summed E-state index contributed by atoms with van der Waals surface area (Å²) in [6.07, 6.45) is 0.00781. The number of hydrogen-bond donors (Lipinski definition) is 3. The lowest BCUT2D eigenvalue weighted by atomic mass is 9.95. The second-order valence-electron chi connectivity index (χ2n) is 6.94. The summed E-state index contributed by atoms with van der Waals surface area (Å²) >= 11 is 0. The molecule has 3 rings (SSSR count). The summed E-state index contributed by atoms with van der Waals surface area (Å²) in [5.41, 5.74) is 4.42. The molecule has 1 atom stereocenters. The van der Waals surface area contributed by atoms with Gasteiger partial charge in [0.1, 0.15) is 0 Å². The number of aromatic amines is 1. The first-order chi connectivity index (χ1) is 11.9. The quantitative estimate of drug-likeness (QED) is 0.618. The number of aryl methyl sites for hydroxylation is 1. The first kappa shape index (κ1) is 17.2. The van der Waals surface area contributed by atoms with Crippen LogP contribution in [0.15, 0.2) is 42.5 Å². The Bertz CT molecular complexity index is 910. The van der Waals surface area contributed by atoms with Crippen LogP contribution >= 0.6 is 0 Å². The van der Waals surface area contributed by atoms with Gasteiger partial charge >= 0.3 is 5.97 Å². The number of nitrogens with one attached hydrogen (secondary N) is 1. The molecule has 130 valence electrons. The molecule has 0 saturated heterocycles. The fraction of sp³-hybridized carbons (Fsp3) is 0.286. The van der Waals surface area contributed by atoms with Gasteiger partial charge in [0.2, 0.25) is 0 Å². The molecule has 3 N–H and O–H groups in total. The molecule has 0 saturated carbocycles. The van der Waals surface area contributed by atoms with Crippen molar-refractivity contribution in [1.82, 2.24) is 4.98 Å². The fourth-order valence-electron chi connectivity index (χ4n) is 3.33. The van der Waals surface area contributed by atoms with E-state index >= 15 is 0 Å². The molecular formula is C21H23NO3. The summed E-state index contributed by atoms with van der Waals surface area (Å²) < 4.78 is 0. The Morgan fingerprint density at radius 3 is 2.44 bits per heavy atom. The van der Waals surface area contributed by atoms with Gasteiger partial charge in [-0.25, -0.2) is 4.79 Å². The summed E-state index contributed by atoms with van der Waals surface area (Å²) in [4.78, 5) is 14.9. The van der Waals surface area contributed by atoms with Gasteiger partial charge in [-0.3, -0.25) is 0 Å². The maximum atomic E-state index is 11.5. The van der Waals surface area contributed by atoms with Gasteiger partial charge in [0.05, 0.1) is 17.4 Å². The topological polar surface area (TPSA) is 73.3 Å². The SMILES string of the molecule is Cc1cc2[nH]c(C(O)CC(C)C)c(-c3ccccc3)c2cc1C(=O)O. The summed E-state index contributed by atoms with van der Waals surface area (Å²) in [6, 6.07) is 13.3. The molecule has 2 aromatic carbocycles. The molecule has 3 aromatic rings. The van der Waals surface area contributed by atoms with Crippen molar-refractivity contribution in [2.75, 3.05) is 0 Å². The Morgan fingerprint density at radius 2 is 1.84 bits per heavy atom. The van der Waals surface area contributed by atoms with Crippen molar-refractivity contribution in [1.29, 1.82) is 0 Å². The van der Waals surface area contributed by atoms with E-state index in [9.17, 15) is 15.0 Å². The molecule has 0 aliphatic heterocycles. The number of fused-ring (bicyclic) bond motifs is 1. The lowest BCUT2D eigenvalue weighted by Crippen LogP contribution is -2.03. The van der Waals surface area contributed by atoms with E-state index in [2.05, 4.69) is 18.8 Å². The molecule has 0 bridgehead atoms. The summed E-state index contributed by atoms with van der Waals surface area (Å²) in [6.45, 7) is 5.93. The second kappa shape index (κ2) is 6.73. The van der Waals surface area contributed by atoms with Crippen LogP contribution in [0.1, 0.15) is 48.0 Å². The number of rotatable bonds is 5. The molecule has 1 aromatic heterocycles. The zero-order valence-electron chi connectivity index (χ0n) is 14.7. The number of aromatic carboxylic acids is 1. The van der Waals surface area contributed by atoms with Gasteiger partial charge in [0.15, 0.2) is 0 Å². The van der Waals surface area contributed by atoms with Crippen LogP contribution in [-0.2, 0) is 0 Å².